The average Bonchev–Trinajstić information content (AvgIpc) is 2.53. The first kappa shape index (κ1) is 16.5. The maximum atomic E-state index is 12.6. The molecule has 2 aromatic rings. The number of rotatable bonds is 4. The van der Waals surface area contributed by atoms with Gasteiger partial charge < -0.3 is 0 Å². The fraction of sp³-hybridized carbons (Fsp3) is 0.133. The Kier molecular flexibility index (Phi) is 4.33. The summed E-state index contributed by atoms with van der Waals surface area (Å²) in [5.74, 6) is 0. The normalized spacial score (nSPS) is 10.8. The Labute approximate surface area is 133 Å². The standard InChI is InChI=1S/C15H13N3O4S/c1-11-8-14(6-7-15(11)18(19)20)23(21,22)17(2)13-5-3-4-12(9-13)10-16/h3-9H,1-2H3. The summed E-state index contributed by atoms with van der Waals surface area (Å²) in [6.45, 7) is 1.48. The van der Waals surface area contributed by atoms with Crippen LogP contribution in [0.5, 0.6) is 0 Å². The zero-order valence-electron chi connectivity index (χ0n) is 12.4. The van der Waals surface area contributed by atoms with Crippen LogP contribution in [0, 0.1) is 28.4 Å². The number of nitro groups is 1. The van der Waals surface area contributed by atoms with Gasteiger partial charge in [0.2, 0.25) is 0 Å². The van der Waals surface area contributed by atoms with Crippen molar-refractivity contribution in [2.75, 3.05) is 11.4 Å². The van der Waals surface area contributed by atoms with E-state index < -0.39 is 14.9 Å². The Hall–Kier alpha value is -2.92. The number of anilines is 1. The van der Waals surface area contributed by atoms with Crippen molar-refractivity contribution in [3.63, 3.8) is 0 Å². The molecule has 0 aliphatic heterocycles. The summed E-state index contributed by atoms with van der Waals surface area (Å²) in [5.41, 5.74) is 0.790. The number of nitriles is 1. The molecule has 0 radical (unpaired) electrons. The molecule has 0 atom stereocenters. The number of sulfonamides is 1. The van der Waals surface area contributed by atoms with Gasteiger partial charge in [-0.2, -0.15) is 5.26 Å². The van der Waals surface area contributed by atoms with Crippen LogP contribution in [0.15, 0.2) is 47.4 Å². The highest BCUT2D eigenvalue weighted by Crippen LogP contribution is 2.26. The van der Waals surface area contributed by atoms with Crippen LogP contribution in [0.2, 0.25) is 0 Å². The van der Waals surface area contributed by atoms with Gasteiger partial charge in [-0.25, -0.2) is 8.42 Å². The molecule has 0 aliphatic rings. The summed E-state index contributed by atoms with van der Waals surface area (Å²) < 4.78 is 26.3. The Morgan fingerprint density at radius 1 is 1.22 bits per heavy atom. The summed E-state index contributed by atoms with van der Waals surface area (Å²) >= 11 is 0. The number of nitro benzene ring substituents is 1. The van der Waals surface area contributed by atoms with Crippen molar-refractivity contribution in [2.24, 2.45) is 0 Å². The maximum Gasteiger partial charge on any atom is 0.272 e. The van der Waals surface area contributed by atoms with E-state index in [-0.39, 0.29) is 16.1 Å². The largest absolute Gasteiger partial charge is 0.272 e. The predicted molar refractivity (Wildman–Crippen MR) is 84.6 cm³/mol. The van der Waals surface area contributed by atoms with Gasteiger partial charge in [-0.15, -0.1) is 0 Å². The second-order valence-electron chi connectivity index (χ2n) is 4.84. The zero-order chi connectivity index (χ0) is 17.2. The lowest BCUT2D eigenvalue weighted by molar-refractivity contribution is -0.385. The second-order valence-corrected chi connectivity index (χ2v) is 6.81. The Bertz CT molecular complexity index is 917. The van der Waals surface area contributed by atoms with Gasteiger partial charge in [0.25, 0.3) is 15.7 Å². The molecule has 2 rings (SSSR count). The minimum atomic E-state index is -3.88. The molecule has 23 heavy (non-hydrogen) atoms. The number of benzene rings is 2. The summed E-state index contributed by atoms with van der Waals surface area (Å²) in [5, 5.41) is 19.7. The molecule has 0 bridgehead atoms. The average molecular weight is 331 g/mol. The lowest BCUT2D eigenvalue weighted by atomic mass is 10.2. The molecule has 7 nitrogen and oxygen atoms in total. The Morgan fingerprint density at radius 2 is 1.91 bits per heavy atom. The molecule has 0 saturated carbocycles. The van der Waals surface area contributed by atoms with Gasteiger partial charge in [0, 0.05) is 18.7 Å². The van der Waals surface area contributed by atoms with Gasteiger partial charge in [0.15, 0.2) is 0 Å². The van der Waals surface area contributed by atoms with Crippen molar-refractivity contribution in [1.29, 1.82) is 5.26 Å². The molecule has 8 heteroatoms. The minimum absolute atomic E-state index is 0.0505. The van der Waals surface area contributed by atoms with Crippen molar-refractivity contribution in [1.82, 2.24) is 0 Å². The lowest BCUT2D eigenvalue weighted by Gasteiger charge is -2.19. The molecule has 0 saturated heterocycles. The molecule has 0 N–H and O–H groups in total. The van der Waals surface area contributed by atoms with Crippen LogP contribution >= 0.6 is 0 Å². The van der Waals surface area contributed by atoms with Gasteiger partial charge in [0.05, 0.1) is 27.1 Å². The molecule has 0 fully saturated rings. The third-order valence-corrected chi connectivity index (χ3v) is 5.14. The summed E-state index contributed by atoms with van der Waals surface area (Å²) in [7, 11) is -2.52. The second kappa shape index (κ2) is 6.06. The zero-order valence-corrected chi connectivity index (χ0v) is 13.2. The molecular formula is C15H13N3O4S. The van der Waals surface area contributed by atoms with Crippen molar-refractivity contribution in [2.45, 2.75) is 11.8 Å². The summed E-state index contributed by atoms with van der Waals surface area (Å²) in [6, 6.07) is 11.7. The molecule has 0 spiro atoms. The SMILES string of the molecule is Cc1cc(S(=O)(=O)N(C)c2cccc(C#N)c2)ccc1[N+](=O)[O-]. The topological polar surface area (TPSA) is 104 Å². The molecule has 118 valence electrons. The van der Waals surface area contributed by atoms with E-state index >= 15 is 0 Å². The van der Waals surface area contributed by atoms with Gasteiger partial charge in [-0.3, -0.25) is 14.4 Å². The first-order chi connectivity index (χ1) is 10.8. The van der Waals surface area contributed by atoms with Gasteiger partial charge >= 0.3 is 0 Å². The van der Waals surface area contributed by atoms with E-state index in [4.69, 9.17) is 5.26 Å². The van der Waals surface area contributed by atoms with E-state index in [2.05, 4.69) is 0 Å². The minimum Gasteiger partial charge on any atom is -0.269 e. The number of hydrogen-bond donors (Lipinski definition) is 0. The van der Waals surface area contributed by atoms with Crippen molar-refractivity contribution < 1.29 is 13.3 Å². The fourth-order valence-electron chi connectivity index (χ4n) is 2.06. The quantitative estimate of drug-likeness (QED) is 0.632. The van der Waals surface area contributed by atoms with Gasteiger partial charge in [0.1, 0.15) is 0 Å². The molecular weight excluding hydrogens is 318 g/mol. The van der Waals surface area contributed by atoms with Crippen molar-refractivity contribution >= 4 is 21.4 Å². The molecule has 2 aromatic carbocycles. The number of aryl methyl sites for hydroxylation is 1. The third kappa shape index (κ3) is 3.14. The van der Waals surface area contributed by atoms with Crippen LogP contribution in [0.3, 0.4) is 0 Å². The van der Waals surface area contributed by atoms with Crippen LogP contribution in [0.4, 0.5) is 11.4 Å². The summed E-state index contributed by atoms with van der Waals surface area (Å²) in [6.07, 6.45) is 0. The Morgan fingerprint density at radius 3 is 2.48 bits per heavy atom. The first-order valence-electron chi connectivity index (χ1n) is 6.51. The first-order valence-corrected chi connectivity index (χ1v) is 7.95. The highest BCUT2D eigenvalue weighted by molar-refractivity contribution is 7.92. The predicted octanol–water partition coefficient (Wildman–Crippen LogP) is 2.60. The van der Waals surface area contributed by atoms with Crippen LogP contribution in [-0.4, -0.2) is 20.4 Å². The highest BCUT2D eigenvalue weighted by atomic mass is 32.2. The van der Waals surface area contributed by atoms with E-state index in [1.807, 2.05) is 6.07 Å². The molecule has 0 amide bonds. The van der Waals surface area contributed by atoms with E-state index in [1.54, 1.807) is 18.2 Å². The number of hydrogen-bond acceptors (Lipinski definition) is 5. The Balaban J connectivity index is 2.47. The van der Waals surface area contributed by atoms with Crippen molar-refractivity contribution in [3.05, 3.63) is 63.7 Å². The van der Waals surface area contributed by atoms with E-state index in [0.717, 1.165) is 4.31 Å². The molecule has 0 aliphatic carbocycles. The van der Waals surface area contributed by atoms with Crippen LogP contribution in [0.25, 0.3) is 0 Å². The molecule has 0 aromatic heterocycles. The van der Waals surface area contributed by atoms with E-state index in [1.165, 1.54) is 38.2 Å². The monoisotopic (exact) mass is 331 g/mol. The highest BCUT2D eigenvalue weighted by Gasteiger charge is 2.23. The van der Waals surface area contributed by atoms with Crippen LogP contribution in [0.1, 0.15) is 11.1 Å². The van der Waals surface area contributed by atoms with Crippen LogP contribution < -0.4 is 4.31 Å². The fourth-order valence-corrected chi connectivity index (χ4v) is 3.33. The maximum absolute atomic E-state index is 12.6. The van der Waals surface area contributed by atoms with Crippen molar-refractivity contribution in [3.8, 4) is 6.07 Å². The van der Waals surface area contributed by atoms with Gasteiger partial charge in [-0.1, -0.05) is 6.07 Å². The smallest absolute Gasteiger partial charge is 0.269 e. The van der Waals surface area contributed by atoms with Gasteiger partial charge in [-0.05, 0) is 37.3 Å². The molecule has 0 heterocycles. The molecule has 0 unspecified atom stereocenters. The number of nitrogens with zero attached hydrogens (tertiary/aromatic N) is 3. The third-order valence-electron chi connectivity index (χ3n) is 3.36. The lowest BCUT2D eigenvalue weighted by Crippen LogP contribution is -2.26. The van der Waals surface area contributed by atoms with E-state index in [0.29, 0.717) is 11.3 Å². The van der Waals surface area contributed by atoms with Crippen LogP contribution in [-0.2, 0) is 10.0 Å². The summed E-state index contributed by atoms with van der Waals surface area (Å²) in [4.78, 5) is 10.2. The van der Waals surface area contributed by atoms with E-state index in [9.17, 15) is 18.5 Å².